The Bertz CT molecular complexity index is 1200. The van der Waals surface area contributed by atoms with Crippen molar-refractivity contribution >= 4 is 40.6 Å². The second-order valence-electron chi connectivity index (χ2n) is 5.85. The van der Waals surface area contributed by atoms with E-state index in [9.17, 15) is 14.5 Å². The maximum Gasteiger partial charge on any atom is 0.433 e. The molecule has 0 aliphatic carbocycles. The van der Waals surface area contributed by atoms with Gasteiger partial charge in [-0.15, -0.1) is 0 Å². The summed E-state index contributed by atoms with van der Waals surface area (Å²) in [5.41, 5.74) is 1.43. The molecule has 28 heavy (non-hydrogen) atoms. The average Bonchev–Trinajstić information content (AvgIpc) is 3.18. The number of hydrogen-bond acceptors (Lipinski definition) is 6. The number of halogens is 1. The van der Waals surface area contributed by atoms with Crippen molar-refractivity contribution in [3.63, 3.8) is 0 Å². The highest BCUT2D eigenvalue weighted by Crippen LogP contribution is 2.26. The van der Waals surface area contributed by atoms with Crippen molar-refractivity contribution in [3.8, 4) is 0 Å². The molecule has 8 heteroatoms. The Morgan fingerprint density at radius 3 is 2.75 bits per heavy atom. The predicted molar refractivity (Wildman–Crippen MR) is 104 cm³/mol. The largest absolute Gasteiger partial charge is 0.433 e. The first-order valence-electron chi connectivity index (χ1n) is 8.30. The standard InChI is InChI=1S/C20H13FN4O3/c21-16-6-3-5-13(8-9-15-10-11-18(28-15)25(26)27)19(16)24-20-22-12-14-4-1-2-7-17(14)23-20/h1-12H,(H,22,23,24)/b9-8+. The number of fused-ring (bicyclic) bond motifs is 1. The van der Waals surface area contributed by atoms with Crippen LogP contribution in [-0.4, -0.2) is 14.9 Å². The van der Waals surface area contributed by atoms with Gasteiger partial charge in [0.1, 0.15) is 16.5 Å². The first-order chi connectivity index (χ1) is 13.6. The van der Waals surface area contributed by atoms with Gasteiger partial charge >= 0.3 is 5.88 Å². The highest BCUT2D eigenvalue weighted by atomic mass is 19.1. The monoisotopic (exact) mass is 376 g/mol. The van der Waals surface area contributed by atoms with Crippen molar-refractivity contribution < 1.29 is 13.7 Å². The Kier molecular flexibility index (Phi) is 4.51. The maximum atomic E-state index is 14.4. The van der Waals surface area contributed by atoms with Crippen LogP contribution in [0.4, 0.5) is 21.9 Å². The number of rotatable bonds is 5. The van der Waals surface area contributed by atoms with Gasteiger partial charge in [-0.1, -0.05) is 30.3 Å². The molecule has 0 aliphatic rings. The van der Waals surface area contributed by atoms with Gasteiger partial charge in [-0.2, -0.15) is 0 Å². The van der Waals surface area contributed by atoms with Crippen molar-refractivity contribution in [2.24, 2.45) is 0 Å². The van der Waals surface area contributed by atoms with Gasteiger partial charge in [0.15, 0.2) is 0 Å². The summed E-state index contributed by atoms with van der Waals surface area (Å²) in [4.78, 5) is 18.7. The van der Waals surface area contributed by atoms with Crippen molar-refractivity contribution in [3.05, 3.63) is 88.0 Å². The minimum absolute atomic E-state index is 0.190. The van der Waals surface area contributed by atoms with Crippen LogP contribution < -0.4 is 5.32 Å². The molecular formula is C20H13FN4O3. The molecule has 2 aromatic heterocycles. The third kappa shape index (κ3) is 3.56. The van der Waals surface area contributed by atoms with Crippen LogP contribution in [0.3, 0.4) is 0 Å². The number of nitrogens with zero attached hydrogens (tertiary/aromatic N) is 3. The molecule has 1 N–H and O–H groups in total. The molecular weight excluding hydrogens is 363 g/mol. The van der Waals surface area contributed by atoms with Crippen LogP contribution in [-0.2, 0) is 0 Å². The topological polar surface area (TPSA) is 94.1 Å². The smallest absolute Gasteiger partial charge is 0.401 e. The molecule has 4 rings (SSSR count). The van der Waals surface area contributed by atoms with Crippen LogP contribution in [0.2, 0.25) is 0 Å². The van der Waals surface area contributed by atoms with E-state index in [1.54, 1.807) is 24.4 Å². The predicted octanol–water partition coefficient (Wildman–Crippen LogP) is 5.18. The Balaban J connectivity index is 1.65. The Morgan fingerprint density at radius 2 is 1.93 bits per heavy atom. The first-order valence-corrected chi connectivity index (χ1v) is 8.30. The minimum Gasteiger partial charge on any atom is -0.401 e. The molecule has 0 aliphatic heterocycles. The van der Waals surface area contributed by atoms with Gasteiger partial charge in [0.2, 0.25) is 5.95 Å². The average molecular weight is 376 g/mol. The molecule has 138 valence electrons. The molecule has 7 nitrogen and oxygen atoms in total. The number of benzene rings is 2. The third-order valence-electron chi connectivity index (χ3n) is 3.99. The van der Waals surface area contributed by atoms with E-state index >= 15 is 0 Å². The summed E-state index contributed by atoms with van der Waals surface area (Å²) in [6.45, 7) is 0. The highest BCUT2D eigenvalue weighted by molar-refractivity contribution is 5.81. The minimum atomic E-state index is -0.621. The number of nitrogens with one attached hydrogen (secondary N) is 1. The number of furan rings is 1. The third-order valence-corrected chi connectivity index (χ3v) is 3.99. The van der Waals surface area contributed by atoms with Crippen molar-refractivity contribution in [2.45, 2.75) is 0 Å². The number of nitro groups is 1. The second kappa shape index (κ2) is 7.28. The van der Waals surface area contributed by atoms with Gasteiger partial charge in [0.05, 0.1) is 17.3 Å². The van der Waals surface area contributed by atoms with Crippen LogP contribution in [0.1, 0.15) is 11.3 Å². The van der Waals surface area contributed by atoms with Gasteiger partial charge < -0.3 is 9.73 Å². The molecule has 0 saturated carbocycles. The van der Waals surface area contributed by atoms with Crippen LogP contribution in [0.15, 0.2) is 65.2 Å². The fourth-order valence-electron chi connectivity index (χ4n) is 2.66. The van der Waals surface area contributed by atoms with Crippen LogP contribution in [0.25, 0.3) is 23.1 Å². The lowest BCUT2D eigenvalue weighted by molar-refractivity contribution is -0.402. The van der Waals surface area contributed by atoms with E-state index in [1.165, 1.54) is 24.3 Å². The van der Waals surface area contributed by atoms with Crippen molar-refractivity contribution in [1.82, 2.24) is 9.97 Å². The first kappa shape index (κ1) is 17.3. The fraction of sp³-hybridized carbons (Fsp3) is 0. The quantitative estimate of drug-likeness (QED) is 0.381. The summed E-state index contributed by atoms with van der Waals surface area (Å²) in [5, 5.41) is 14.5. The van der Waals surface area contributed by atoms with E-state index in [2.05, 4.69) is 15.3 Å². The number of hydrogen-bond donors (Lipinski definition) is 1. The van der Waals surface area contributed by atoms with E-state index in [1.807, 2.05) is 24.3 Å². The van der Waals surface area contributed by atoms with Gasteiger partial charge in [0.25, 0.3) is 0 Å². The molecule has 2 heterocycles. The lowest BCUT2D eigenvalue weighted by Crippen LogP contribution is -2.01. The van der Waals surface area contributed by atoms with Gasteiger partial charge in [0, 0.05) is 17.1 Å². The zero-order valence-corrected chi connectivity index (χ0v) is 14.4. The Labute approximate surface area is 158 Å². The normalized spacial score (nSPS) is 11.2. The summed E-state index contributed by atoms with van der Waals surface area (Å²) in [5.74, 6) is -0.304. The Morgan fingerprint density at radius 1 is 1.07 bits per heavy atom. The molecule has 0 atom stereocenters. The van der Waals surface area contributed by atoms with E-state index < -0.39 is 10.7 Å². The molecule has 0 fully saturated rings. The number of anilines is 2. The summed E-state index contributed by atoms with van der Waals surface area (Å²) in [7, 11) is 0. The van der Waals surface area contributed by atoms with Crippen LogP contribution >= 0.6 is 0 Å². The van der Waals surface area contributed by atoms with E-state index in [0.717, 1.165) is 10.9 Å². The zero-order valence-electron chi connectivity index (χ0n) is 14.4. The van der Waals surface area contributed by atoms with Crippen molar-refractivity contribution in [1.29, 1.82) is 0 Å². The molecule has 0 bridgehead atoms. The zero-order chi connectivity index (χ0) is 19.5. The van der Waals surface area contributed by atoms with E-state index in [4.69, 9.17) is 4.42 Å². The SMILES string of the molecule is O=[N+]([O-])c1ccc(/C=C/c2cccc(F)c2Nc2ncc3ccccc3n2)o1. The lowest BCUT2D eigenvalue weighted by Gasteiger charge is -2.10. The van der Waals surface area contributed by atoms with Gasteiger partial charge in [-0.25, -0.2) is 14.4 Å². The summed E-state index contributed by atoms with van der Waals surface area (Å²) in [6.07, 6.45) is 4.77. The molecule has 0 amide bonds. The molecule has 2 aromatic carbocycles. The van der Waals surface area contributed by atoms with Crippen LogP contribution in [0, 0.1) is 15.9 Å². The molecule has 0 radical (unpaired) electrons. The highest BCUT2D eigenvalue weighted by Gasteiger charge is 2.11. The molecule has 0 spiro atoms. The molecule has 0 unspecified atom stereocenters. The van der Waals surface area contributed by atoms with Crippen LogP contribution in [0.5, 0.6) is 0 Å². The van der Waals surface area contributed by atoms with Gasteiger partial charge in [-0.3, -0.25) is 10.1 Å². The van der Waals surface area contributed by atoms with E-state index in [0.29, 0.717) is 5.56 Å². The second-order valence-corrected chi connectivity index (χ2v) is 5.85. The molecule has 0 saturated heterocycles. The molecule has 4 aromatic rings. The Hall–Kier alpha value is -4.07. The summed E-state index contributed by atoms with van der Waals surface area (Å²) >= 11 is 0. The number of aromatic nitrogens is 2. The van der Waals surface area contributed by atoms with E-state index in [-0.39, 0.29) is 23.3 Å². The fourth-order valence-corrected chi connectivity index (χ4v) is 2.66. The lowest BCUT2D eigenvalue weighted by atomic mass is 10.1. The number of para-hydroxylation sites is 2. The van der Waals surface area contributed by atoms with Crippen molar-refractivity contribution in [2.75, 3.05) is 5.32 Å². The summed E-state index contributed by atoms with van der Waals surface area (Å²) in [6, 6.07) is 14.8. The maximum absolute atomic E-state index is 14.4. The van der Waals surface area contributed by atoms with Gasteiger partial charge in [-0.05, 0) is 30.4 Å². The summed E-state index contributed by atoms with van der Waals surface area (Å²) < 4.78 is 19.5.